The van der Waals surface area contributed by atoms with E-state index in [1.165, 1.54) is 6.07 Å². The van der Waals surface area contributed by atoms with Crippen molar-refractivity contribution in [2.75, 3.05) is 25.1 Å². The Kier molecular flexibility index (Phi) is 10.4. The monoisotopic (exact) mass is 503 g/mol. The first-order chi connectivity index (χ1) is 13.0. The van der Waals surface area contributed by atoms with Gasteiger partial charge in [0.05, 0.1) is 25.4 Å². The zero-order chi connectivity index (χ0) is 19.6. The van der Waals surface area contributed by atoms with Crippen molar-refractivity contribution in [1.29, 1.82) is 0 Å². The van der Waals surface area contributed by atoms with Gasteiger partial charge in [0.15, 0.2) is 17.5 Å². The molecule has 0 spiro atoms. The fraction of sp³-hybridized carbons (Fsp3) is 0.350. The predicted molar refractivity (Wildman–Crippen MR) is 121 cm³/mol. The van der Waals surface area contributed by atoms with Gasteiger partial charge in [0.2, 0.25) is 0 Å². The van der Waals surface area contributed by atoms with E-state index in [4.69, 9.17) is 19.9 Å². The first kappa shape index (κ1) is 23.8. The minimum absolute atomic E-state index is 0. The Hall–Kier alpha value is -2.23. The number of aliphatic imine (C=N–C) groups is 1. The molecule has 0 aliphatic heterocycles. The molecule has 0 amide bonds. The van der Waals surface area contributed by atoms with E-state index in [1.807, 2.05) is 26.0 Å². The second-order valence-electron chi connectivity index (χ2n) is 5.73. The number of nitrogens with two attached hydrogens (primary N) is 1. The highest BCUT2D eigenvalue weighted by Gasteiger charge is 2.10. The topological polar surface area (TPSA) is 78.1 Å². The lowest BCUT2D eigenvalue weighted by molar-refractivity contribution is 0.220. The lowest BCUT2D eigenvalue weighted by Gasteiger charge is -2.15. The van der Waals surface area contributed by atoms with E-state index in [1.54, 1.807) is 31.2 Å². The van der Waals surface area contributed by atoms with Crippen LogP contribution in [0.5, 0.6) is 17.2 Å². The van der Waals surface area contributed by atoms with E-state index in [9.17, 15) is 4.39 Å². The van der Waals surface area contributed by atoms with E-state index in [-0.39, 0.29) is 48.3 Å². The van der Waals surface area contributed by atoms with Crippen molar-refractivity contribution >= 4 is 35.6 Å². The Morgan fingerprint density at radius 2 is 1.82 bits per heavy atom. The van der Waals surface area contributed by atoms with Crippen LogP contribution in [0, 0.1) is 5.82 Å². The molecule has 2 aromatic carbocycles. The second-order valence-corrected chi connectivity index (χ2v) is 5.73. The molecule has 0 fully saturated rings. The number of halogens is 2. The van der Waals surface area contributed by atoms with E-state index < -0.39 is 5.82 Å². The molecule has 154 valence electrons. The molecular formula is C20H27FIN3O3. The third-order valence-electron chi connectivity index (χ3n) is 3.51. The van der Waals surface area contributed by atoms with E-state index in [2.05, 4.69) is 10.3 Å². The van der Waals surface area contributed by atoms with Crippen LogP contribution in [0.1, 0.15) is 20.8 Å². The number of hydrogen-bond acceptors (Lipinski definition) is 4. The summed E-state index contributed by atoms with van der Waals surface area (Å²) in [4.78, 5) is 4.26. The Balaban J connectivity index is 0.00000392. The zero-order valence-electron chi connectivity index (χ0n) is 16.3. The number of ether oxygens (including phenoxy) is 3. The zero-order valence-corrected chi connectivity index (χ0v) is 18.6. The van der Waals surface area contributed by atoms with E-state index in [0.29, 0.717) is 30.4 Å². The number of hydrogen-bond donors (Lipinski definition) is 2. The molecule has 0 aliphatic rings. The Labute approximate surface area is 182 Å². The quantitative estimate of drug-likeness (QED) is 0.301. The lowest BCUT2D eigenvalue weighted by atomic mass is 10.2. The molecule has 0 radical (unpaired) electrons. The maximum atomic E-state index is 13.6. The van der Waals surface area contributed by atoms with Crippen LogP contribution in [0.4, 0.5) is 10.1 Å². The Bertz CT molecular complexity index is 774. The van der Waals surface area contributed by atoms with Crippen molar-refractivity contribution in [2.24, 2.45) is 10.7 Å². The molecule has 28 heavy (non-hydrogen) atoms. The van der Waals surface area contributed by atoms with Gasteiger partial charge in [-0.1, -0.05) is 12.1 Å². The molecule has 0 aromatic heterocycles. The summed E-state index contributed by atoms with van der Waals surface area (Å²) in [6, 6.07) is 11.7. The van der Waals surface area contributed by atoms with Crippen LogP contribution < -0.4 is 25.3 Å². The molecule has 0 saturated heterocycles. The maximum Gasteiger partial charge on any atom is 0.193 e. The highest BCUT2D eigenvalue weighted by atomic mass is 127. The largest absolute Gasteiger partial charge is 0.494 e. The molecule has 0 aliphatic carbocycles. The van der Waals surface area contributed by atoms with E-state index in [0.717, 1.165) is 0 Å². The molecule has 0 saturated carbocycles. The Morgan fingerprint density at radius 1 is 1.11 bits per heavy atom. The van der Waals surface area contributed by atoms with Crippen LogP contribution in [0.3, 0.4) is 0 Å². The lowest BCUT2D eigenvalue weighted by Crippen LogP contribution is -2.26. The maximum absolute atomic E-state index is 13.6. The predicted octanol–water partition coefficient (Wildman–Crippen LogP) is 4.44. The summed E-state index contributed by atoms with van der Waals surface area (Å²) in [6.45, 7) is 6.96. The summed E-state index contributed by atoms with van der Waals surface area (Å²) in [5.74, 6) is 1.33. The number of anilines is 1. The van der Waals surface area contributed by atoms with E-state index >= 15 is 0 Å². The number of nitrogens with one attached hydrogen (secondary N) is 1. The summed E-state index contributed by atoms with van der Waals surface area (Å²) in [5.41, 5.74) is 6.64. The first-order valence-electron chi connectivity index (χ1n) is 8.91. The number of para-hydroxylation sites is 1. The highest BCUT2D eigenvalue weighted by Crippen LogP contribution is 2.29. The van der Waals surface area contributed by atoms with Crippen LogP contribution in [0.15, 0.2) is 47.5 Å². The Morgan fingerprint density at radius 3 is 2.50 bits per heavy atom. The van der Waals surface area contributed by atoms with Gasteiger partial charge in [-0.05, 0) is 45.0 Å². The molecule has 0 bridgehead atoms. The molecule has 2 rings (SSSR count). The average Bonchev–Trinajstić information content (AvgIpc) is 2.64. The fourth-order valence-corrected chi connectivity index (χ4v) is 2.34. The number of guanidine groups is 1. The van der Waals surface area contributed by atoms with Gasteiger partial charge in [0.25, 0.3) is 0 Å². The second kappa shape index (κ2) is 12.3. The SMILES string of the molecule is CCOc1ccc(OCC)c(NC(N)=NCC(C)Oc2ccccc2F)c1.I. The smallest absolute Gasteiger partial charge is 0.193 e. The van der Waals surface area contributed by atoms with Crippen molar-refractivity contribution in [3.8, 4) is 17.2 Å². The fourth-order valence-electron chi connectivity index (χ4n) is 2.34. The average molecular weight is 503 g/mol. The van der Waals surface area contributed by atoms with Gasteiger partial charge < -0.3 is 25.3 Å². The minimum Gasteiger partial charge on any atom is -0.494 e. The van der Waals surface area contributed by atoms with Gasteiger partial charge in [-0.2, -0.15) is 0 Å². The van der Waals surface area contributed by atoms with Crippen LogP contribution in [-0.2, 0) is 0 Å². The van der Waals surface area contributed by atoms with Crippen LogP contribution in [-0.4, -0.2) is 31.8 Å². The third-order valence-corrected chi connectivity index (χ3v) is 3.51. The first-order valence-corrected chi connectivity index (χ1v) is 8.91. The molecule has 2 aromatic rings. The van der Waals surface area contributed by atoms with Crippen molar-refractivity contribution in [1.82, 2.24) is 0 Å². The molecular weight excluding hydrogens is 476 g/mol. The van der Waals surface area contributed by atoms with Gasteiger partial charge in [-0.25, -0.2) is 9.38 Å². The number of rotatable bonds is 9. The van der Waals surface area contributed by atoms with Gasteiger partial charge in [-0.15, -0.1) is 24.0 Å². The van der Waals surface area contributed by atoms with Crippen molar-refractivity contribution < 1.29 is 18.6 Å². The van der Waals surface area contributed by atoms with Crippen molar-refractivity contribution in [3.05, 3.63) is 48.3 Å². The molecule has 1 unspecified atom stereocenters. The van der Waals surface area contributed by atoms with Crippen LogP contribution >= 0.6 is 24.0 Å². The van der Waals surface area contributed by atoms with Gasteiger partial charge in [-0.3, -0.25) is 0 Å². The van der Waals surface area contributed by atoms with Crippen LogP contribution in [0.2, 0.25) is 0 Å². The normalized spacial score (nSPS) is 11.9. The van der Waals surface area contributed by atoms with Gasteiger partial charge >= 0.3 is 0 Å². The molecule has 3 N–H and O–H groups in total. The van der Waals surface area contributed by atoms with Crippen molar-refractivity contribution in [2.45, 2.75) is 26.9 Å². The summed E-state index contributed by atoms with van der Waals surface area (Å²) in [6.07, 6.45) is -0.344. The van der Waals surface area contributed by atoms with Gasteiger partial charge in [0, 0.05) is 6.07 Å². The summed E-state index contributed by atoms with van der Waals surface area (Å²) < 4.78 is 30.3. The summed E-state index contributed by atoms with van der Waals surface area (Å²) in [7, 11) is 0. The highest BCUT2D eigenvalue weighted by molar-refractivity contribution is 14.0. The summed E-state index contributed by atoms with van der Waals surface area (Å²) >= 11 is 0. The number of nitrogens with zero attached hydrogens (tertiary/aromatic N) is 1. The van der Waals surface area contributed by atoms with Gasteiger partial charge in [0.1, 0.15) is 17.6 Å². The molecule has 1 atom stereocenters. The third kappa shape index (κ3) is 7.41. The van der Waals surface area contributed by atoms with Crippen molar-refractivity contribution in [3.63, 3.8) is 0 Å². The molecule has 0 heterocycles. The minimum atomic E-state index is -0.409. The van der Waals surface area contributed by atoms with Crippen LogP contribution in [0.25, 0.3) is 0 Å². The number of benzene rings is 2. The molecule has 8 heteroatoms. The summed E-state index contributed by atoms with van der Waals surface area (Å²) in [5, 5.41) is 3.02. The standard InChI is InChI=1S/C20H26FN3O3.HI/c1-4-25-15-10-11-19(26-5-2)17(12-15)24-20(22)23-13-14(3)27-18-9-7-6-8-16(18)21;/h6-12,14H,4-5,13H2,1-3H3,(H3,22,23,24);1H. The molecule has 6 nitrogen and oxygen atoms in total.